The SMILES string of the molecule is CCC1(C)CCN(C2CCCC(NC)C2)CC1. The molecule has 2 aliphatic rings. The molecule has 0 radical (unpaired) electrons. The van der Waals surface area contributed by atoms with Gasteiger partial charge in [0.25, 0.3) is 0 Å². The molecule has 2 unspecified atom stereocenters. The molecule has 1 aliphatic heterocycles. The number of nitrogens with zero attached hydrogens (tertiary/aromatic N) is 1. The van der Waals surface area contributed by atoms with Gasteiger partial charge in [0.1, 0.15) is 0 Å². The Labute approximate surface area is 107 Å². The molecular weight excluding hydrogens is 208 g/mol. The third-order valence-electron chi connectivity index (χ3n) is 5.43. The molecule has 2 fully saturated rings. The first-order valence-corrected chi connectivity index (χ1v) is 7.58. The average Bonchev–Trinajstić information content (AvgIpc) is 2.40. The zero-order valence-electron chi connectivity index (χ0n) is 12.0. The Kier molecular flexibility index (Phi) is 4.48. The van der Waals surface area contributed by atoms with Crippen molar-refractivity contribution in [2.24, 2.45) is 5.41 Å². The molecule has 0 spiro atoms. The van der Waals surface area contributed by atoms with Crippen LogP contribution in [0.15, 0.2) is 0 Å². The van der Waals surface area contributed by atoms with Gasteiger partial charge in [0.2, 0.25) is 0 Å². The molecule has 0 amide bonds. The molecule has 1 saturated carbocycles. The third-order valence-corrected chi connectivity index (χ3v) is 5.43. The molecule has 1 saturated heterocycles. The van der Waals surface area contributed by atoms with Gasteiger partial charge in [-0.25, -0.2) is 0 Å². The maximum atomic E-state index is 3.47. The summed E-state index contributed by atoms with van der Waals surface area (Å²) in [5.74, 6) is 0. The predicted octanol–water partition coefficient (Wildman–Crippen LogP) is 3.03. The molecule has 0 bridgehead atoms. The summed E-state index contributed by atoms with van der Waals surface area (Å²) in [5, 5.41) is 3.47. The van der Waals surface area contributed by atoms with E-state index in [0.717, 1.165) is 12.1 Å². The van der Waals surface area contributed by atoms with Crippen LogP contribution < -0.4 is 5.32 Å². The second-order valence-electron chi connectivity index (χ2n) is 6.51. The minimum atomic E-state index is 0.633. The van der Waals surface area contributed by atoms with E-state index in [9.17, 15) is 0 Å². The lowest BCUT2D eigenvalue weighted by atomic mass is 9.77. The zero-order valence-corrected chi connectivity index (χ0v) is 12.0. The van der Waals surface area contributed by atoms with Gasteiger partial charge >= 0.3 is 0 Å². The van der Waals surface area contributed by atoms with Crippen LogP contribution in [0, 0.1) is 5.41 Å². The van der Waals surface area contributed by atoms with E-state index < -0.39 is 0 Å². The van der Waals surface area contributed by atoms with Gasteiger partial charge in [0.05, 0.1) is 0 Å². The number of hydrogen-bond donors (Lipinski definition) is 1. The highest BCUT2D eigenvalue weighted by Crippen LogP contribution is 2.36. The van der Waals surface area contributed by atoms with E-state index in [1.807, 2.05) is 0 Å². The maximum Gasteiger partial charge on any atom is 0.0110 e. The molecule has 100 valence electrons. The molecule has 0 aromatic rings. The van der Waals surface area contributed by atoms with Crippen LogP contribution >= 0.6 is 0 Å². The highest BCUT2D eigenvalue weighted by Gasteiger charge is 2.33. The summed E-state index contributed by atoms with van der Waals surface area (Å²) in [6, 6.07) is 1.64. The van der Waals surface area contributed by atoms with Crippen LogP contribution in [0.4, 0.5) is 0 Å². The van der Waals surface area contributed by atoms with Gasteiger partial charge in [-0.2, -0.15) is 0 Å². The topological polar surface area (TPSA) is 15.3 Å². The van der Waals surface area contributed by atoms with Crippen molar-refractivity contribution >= 4 is 0 Å². The quantitative estimate of drug-likeness (QED) is 0.813. The van der Waals surface area contributed by atoms with Crippen molar-refractivity contribution in [3.05, 3.63) is 0 Å². The highest BCUT2D eigenvalue weighted by atomic mass is 15.2. The Balaban J connectivity index is 1.84. The zero-order chi connectivity index (χ0) is 12.3. The summed E-state index contributed by atoms with van der Waals surface area (Å²) in [6.07, 6.45) is 9.77. The Morgan fingerprint density at radius 3 is 2.53 bits per heavy atom. The first-order chi connectivity index (χ1) is 8.17. The van der Waals surface area contributed by atoms with E-state index in [2.05, 4.69) is 31.1 Å². The fraction of sp³-hybridized carbons (Fsp3) is 1.00. The van der Waals surface area contributed by atoms with Gasteiger partial charge in [0, 0.05) is 12.1 Å². The molecule has 17 heavy (non-hydrogen) atoms. The van der Waals surface area contributed by atoms with Crippen LogP contribution in [-0.2, 0) is 0 Å². The molecule has 2 atom stereocenters. The van der Waals surface area contributed by atoms with E-state index >= 15 is 0 Å². The summed E-state index contributed by atoms with van der Waals surface area (Å²) in [7, 11) is 2.12. The minimum Gasteiger partial charge on any atom is -0.317 e. The molecular formula is C15H30N2. The van der Waals surface area contributed by atoms with Crippen molar-refractivity contribution in [1.82, 2.24) is 10.2 Å². The molecule has 0 aromatic heterocycles. The summed E-state index contributed by atoms with van der Waals surface area (Å²) in [6.45, 7) is 7.51. The molecule has 1 heterocycles. The van der Waals surface area contributed by atoms with Crippen molar-refractivity contribution in [1.29, 1.82) is 0 Å². The van der Waals surface area contributed by atoms with Crippen molar-refractivity contribution in [2.45, 2.75) is 70.9 Å². The first kappa shape index (κ1) is 13.4. The summed E-state index contributed by atoms with van der Waals surface area (Å²) in [4.78, 5) is 2.78. The van der Waals surface area contributed by atoms with Crippen molar-refractivity contribution in [2.75, 3.05) is 20.1 Å². The standard InChI is InChI=1S/C15H30N2/c1-4-15(2)8-10-17(11-9-15)14-7-5-6-13(12-14)16-3/h13-14,16H,4-12H2,1-3H3. The van der Waals surface area contributed by atoms with Gasteiger partial charge < -0.3 is 10.2 Å². The summed E-state index contributed by atoms with van der Waals surface area (Å²) < 4.78 is 0. The van der Waals surface area contributed by atoms with Crippen molar-refractivity contribution < 1.29 is 0 Å². The minimum absolute atomic E-state index is 0.633. The average molecular weight is 238 g/mol. The number of rotatable bonds is 3. The van der Waals surface area contributed by atoms with E-state index in [1.54, 1.807) is 0 Å². The highest BCUT2D eigenvalue weighted by molar-refractivity contribution is 4.88. The second kappa shape index (κ2) is 5.71. The van der Waals surface area contributed by atoms with Gasteiger partial charge in [-0.05, 0) is 57.7 Å². The van der Waals surface area contributed by atoms with E-state index in [4.69, 9.17) is 0 Å². The van der Waals surface area contributed by atoms with E-state index in [-0.39, 0.29) is 0 Å². The molecule has 0 aromatic carbocycles. The van der Waals surface area contributed by atoms with Crippen molar-refractivity contribution in [3.8, 4) is 0 Å². The summed E-state index contributed by atoms with van der Waals surface area (Å²) in [5.41, 5.74) is 0.633. The fourth-order valence-corrected chi connectivity index (χ4v) is 3.54. The van der Waals surface area contributed by atoms with E-state index in [0.29, 0.717) is 5.41 Å². The smallest absolute Gasteiger partial charge is 0.0110 e. The first-order valence-electron chi connectivity index (χ1n) is 7.58. The van der Waals surface area contributed by atoms with Crippen LogP contribution in [0.5, 0.6) is 0 Å². The van der Waals surface area contributed by atoms with Crippen LogP contribution in [0.25, 0.3) is 0 Å². The number of hydrogen-bond acceptors (Lipinski definition) is 2. The van der Waals surface area contributed by atoms with Gasteiger partial charge in [0.15, 0.2) is 0 Å². The molecule has 1 aliphatic carbocycles. The van der Waals surface area contributed by atoms with Crippen LogP contribution in [-0.4, -0.2) is 37.1 Å². The number of likely N-dealkylation sites (tertiary alicyclic amines) is 1. The molecule has 2 nitrogen and oxygen atoms in total. The predicted molar refractivity (Wildman–Crippen MR) is 74.3 cm³/mol. The van der Waals surface area contributed by atoms with Crippen LogP contribution in [0.2, 0.25) is 0 Å². The molecule has 2 rings (SSSR count). The fourth-order valence-electron chi connectivity index (χ4n) is 3.54. The van der Waals surface area contributed by atoms with Gasteiger partial charge in [-0.15, -0.1) is 0 Å². The molecule has 2 heteroatoms. The lowest BCUT2D eigenvalue weighted by molar-refractivity contribution is 0.0599. The Morgan fingerprint density at radius 2 is 1.94 bits per heavy atom. The second-order valence-corrected chi connectivity index (χ2v) is 6.51. The lowest BCUT2D eigenvalue weighted by Crippen LogP contribution is -2.48. The van der Waals surface area contributed by atoms with Gasteiger partial charge in [-0.1, -0.05) is 26.7 Å². The van der Waals surface area contributed by atoms with Crippen LogP contribution in [0.1, 0.15) is 58.8 Å². The number of piperidine rings is 1. The van der Waals surface area contributed by atoms with Crippen molar-refractivity contribution in [3.63, 3.8) is 0 Å². The lowest BCUT2D eigenvalue weighted by Gasteiger charge is -2.44. The monoisotopic (exact) mass is 238 g/mol. The maximum absolute atomic E-state index is 3.47. The Morgan fingerprint density at radius 1 is 1.24 bits per heavy atom. The Hall–Kier alpha value is -0.0800. The summed E-state index contributed by atoms with van der Waals surface area (Å²) >= 11 is 0. The molecule has 1 N–H and O–H groups in total. The largest absolute Gasteiger partial charge is 0.317 e. The normalized spacial score (nSPS) is 34.8. The number of nitrogens with one attached hydrogen (secondary N) is 1. The van der Waals surface area contributed by atoms with E-state index in [1.165, 1.54) is 58.0 Å². The Bertz CT molecular complexity index is 231. The van der Waals surface area contributed by atoms with Gasteiger partial charge in [-0.3, -0.25) is 0 Å². The van der Waals surface area contributed by atoms with Crippen LogP contribution in [0.3, 0.4) is 0 Å². The third kappa shape index (κ3) is 3.23.